The Labute approximate surface area is 158 Å². The highest BCUT2D eigenvalue weighted by Crippen LogP contribution is 2.24. The lowest BCUT2D eigenvalue weighted by Gasteiger charge is -2.36. The molecule has 0 radical (unpaired) electrons. The van der Waals surface area contributed by atoms with Gasteiger partial charge in [0, 0.05) is 18.0 Å². The third-order valence-corrected chi connectivity index (χ3v) is 4.51. The average Bonchev–Trinajstić information content (AvgIpc) is 2.63. The van der Waals surface area contributed by atoms with E-state index in [1.54, 1.807) is 31.2 Å². The van der Waals surface area contributed by atoms with Crippen molar-refractivity contribution in [3.63, 3.8) is 0 Å². The molecule has 1 N–H and O–H groups in total. The van der Waals surface area contributed by atoms with Crippen LogP contribution in [0.25, 0.3) is 0 Å². The summed E-state index contributed by atoms with van der Waals surface area (Å²) in [6.45, 7) is 3.56. The smallest absolute Gasteiger partial charge is 0.411 e. The molecular weight excluding hydrogens is 354 g/mol. The summed E-state index contributed by atoms with van der Waals surface area (Å²) in [5.74, 6) is -1.09. The number of hydrogen-bond donors (Lipinski definition) is 1. The molecule has 6 heteroatoms. The second kappa shape index (κ2) is 8.72. The number of amides is 1. The van der Waals surface area contributed by atoms with Crippen molar-refractivity contribution in [3.8, 4) is 0 Å². The van der Waals surface area contributed by atoms with Crippen molar-refractivity contribution in [2.75, 3.05) is 6.54 Å². The van der Waals surface area contributed by atoms with E-state index in [0.717, 1.165) is 11.1 Å². The summed E-state index contributed by atoms with van der Waals surface area (Å²) < 4.78 is 5.34. The van der Waals surface area contributed by atoms with Crippen molar-refractivity contribution >= 4 is 23.7 Å². The van der Waals surface area contributed by atoms with Crippen molar-refractivity contribution in [1.82, 2.24) is 4.90 Å². The Morgan fingerprint density at radius 2 is 1.69 bits per heavy atom. The maximum Gasteiger partial charge on any atom is 0.411 e. The summed E-state index contributed by atoms with van der Waals surface area (Å²) in [7, 11) is 0. The van der Waals surface area contributed by atoms with Gasteiger partial charge in [0.05, 0.1) is 0 Å². The van der Waals surface area contributed by atoms with Gasteiger partial charge in [0.25, 0.3) is 0 Å². The van der Waals surface area contributed by atoms with Crippen LogP contribution in [0.4, 0.5) is 4.79 Å². The van der Waals surface area contributed by atoms with Crippen LogP contribution in [0.5, 0.6) is 0 Å². The zero-order valence-corrected chi connectivity index (χ0v) is 15.6. The van der Waals surface area contributed by atoms with Gasteiger partial charge in [-0.2, -0.15) is 0 Å². The van der Waals surface area contributed by atoms with Gasteiger partial charge in [0.15, 0.2) is 0 Å². The molecule has 0 aliphatic carbocycles. The van der Waals surface area contributed by atoms with Crippen molar-refractivity contribution in [3.05, 3.63) is 70.7 Å². The van der Waals surface area contributed by atoms with E-state index >= 15 is 0 Å². The molecule has 0 bridgehead atoms. The molecule has 2 aromatic carbocycles. The standard InChI is InChI=1S/C20H22ClNO4/c1-3-22(19(25)26-14-16-7-5-4-6-8-16)20(2,18(23)24)13-15-9-11-17(21)12-10-15/h4-12H,3,13-14H2,1-2H3,(H,23,24). The second-order valence-electron chi connectivity index (χ2n) is 6.17. The number of carboxylic acid groups (broad SMARTS) is 1. The van der Waals surface area contributed by atoms with Crippen LogP contribution in [0.1, 0.15) is 25.0 Å². The summed E-state index contributed by atoms with van der Waals surface area (Å²) in [5.41, 5.74) is 0.177. The largest absolute Gasteiger partial charge is 0.479 e. The molecule has 1 unspecified atom stereocenters. The highest BCUT2D eigenvalue weighted by molar-refractivity contribution is 6.30. The minimum absolute atomic E-state index is 0.0901. The number of rotatable bonds is 7. The number of hydrogen-bond acceptors (Lipinski definition) is 3. The number of carbonyl (C=O) groups is 2. The van der Waals surface area contributed by atoms with Crippen LogP contribution in [0.15, 0.2) is 54.6 Å². The summed E-state index contributed by atoms with van der Waals surface area (Å²) in [5, 5.41) is 10.4. The number of nitrogens with zero attached hydrogens (tertiary/aromatic N) is 1. The molecule has 0 fully saturated rings. The number of aliphatic carboxylic acids is 1. The van der Waals surface area contributed by atoms with Crippen molar-refractivity contribution < 1.29 is 19.4 Å². The highest BCUT2D eigenvalue weighted by Gasteiger charge is 2.42. The van der Waals surface area contributed by atoms with Gasteiger partial charge >= 0.3 is 12.1 Å². The monoisotopic (exact) mass is 375 g/mol. The Hall–Kier alpha value is -2.53. The Kier molecular flexibility index (Phi) is 6.64. The molecule has 1 atom stereocenters. The molecule has 138 valence electrons. The predicted molar refractivity (Wildman–Crippen MR) is 100 cm³/mol. The van der Waals surface area contributed by atoms with E-state index in [1.165, 1.54) is 11.8 Å². The van der Waals surface area contributed by atoms with Gasteiger partial charge in [-0.05, 0) is 37.1 Å². The van der Waals surface area contributed by atoms with E-state index in [-0.39, 0.29) is 19.6 Å². The molecule has 2 aromatic rings. The van der Waals surface area contributed by atoms with Gasteiger partial charge < -0.3 is 9.84 Å². The number of benzene rings is 2. The van der Waals surface area contributed by atoms with Gasteiger partial charge in [0.1, 0.15) is 12.1 Å². The Bertz CT molecular complexity index is 748. The number of halogens is 1. The molecule has 0 heterocycles. The van der Waals surface area contributed by atoms with E-state index in [9.17, 15) is 14.7 Å². The van der Waals surface area contributed by atoms with Crippen LogP contribution in [-0.2, 0) is 22.6 Å². The predicted octanol–water partition coefficient (Wildman–Crippen LogP) is 4.38. The van der Waals surface area contributed by atoms with E-state index < -0.39 is 17.6 Å². The first kappa shape index (κ1) is 19.8. The molecular formula is C20H22ClNO4. The first-order valence-electron chi connectivity index (χ1n) is 8.33. The SMILES string of the molecule is CCN(C(=O)OCc1ccccc1)C(C)(Cc1ccc(Cl)cc1)C(=O)O. The lowest BCUT2D eigenvalue weighted by atomic mass is 9.91. The fourth-order valence-electron chi connectivity index (χ4n) is 2.76. The highest BCUT2D eigenvalue weighted by atomic mass is 35.5. The van der Waals surface area contributed by atoms with Crippen molar-refractivity contribution in [2.24, 2.45) is 0 Å². The number of carboxylic acids is 1. The van der Waals surface area contributed by atoms with Crippen molar-refractivity contribution in [2.45, 2.75) is 32.4 Å². The first-order valence-corrected chi connectivity index (χ1v) is 8.70. The van der Waals surface area contributed by atoms with Crippen LogP contribution in [-0.4, -0.2) is 34.2 Å². The third-order valence-electron chi connectivity index (χ3n) is 4.26. The zero-order chi connectivity index (χ0) is 19.2. The van der Waals surface area contributed by atoms with Crippen LogP contribution < -0.4 is 0 Å². The van der Waals surface area contributed by atoms with Gasteiger partial charge in [-0.15, -0.1) is 0 Å². The molecule has 0 aromatic heterocycles. The quantitative estimate of drug-likeness (QED) is 0.779. The molecule has 0 spiro atoms. The van der Waals surface area contributed by atoms with Crippen LogP contribution in [0.2, 0.25) is 5.02 Å². The second-order valence-corrected chi connectivity index (χ2v) is 6.60. The summed E-state index contributed by atoms with van der Waals surface area (Å²) in [6, 6.07) is 16.2. The number of ether oxygens (including phenoxy) is 1. The van der Waals surface area contributed by atoms with E-state index in [2.05, 4.69) is 0 Å². The average molecular weight is 376 g/mol. The Morgan fingerprint density at radius 1 is 1.08 bits per heavy atom. The normalized spacial score (nSPS) is 12.9. The van der Waals surface area contributed by atoms with Gasteiger partial charge in [-0.3, -0.25) is 4.90 Å². The Balaban J connectivity index is 2.16. The third kappa shape index (κ3) is 4.76. The van der Waals surface area contributed by atoms with E-state index in [0.29, 0.717) is 5.02 Å². The summed E-state index contributed by atoms with van der Waals surface area (Å²) in [4.78, 5) is 25.8. The molecule has 0 aliphatic rings. The lowest BCUT2D eigenvalue weighted by Crippen LogP contribution is -2.56. The fraction of sp³-hybridized carbons (Fsp3) is 0.300. The molecule has 5 nitrogen and oxygen atoms in total. The van der Waals surface area contributed by atoms with Crippen LogP contribution in [0, 0.1) is 0 Å². The lowest BCUT2D eigenvalue weighted by molar-refractivity contribution is -0.149. The first-order chi connectivity index (χ1) is 12.4. The van der Waals surface area contributed by atoms with Crippen molar-refractivity contribution in [1.29, 1.82) is 0 Å². The molecule has 0 saturated carbocycles. The zero-order valence-electron chi connectivity index (χ0n) is 14.8. The number of likely N-dealkylation sites (N-methyl/N-ethyl adjacent to an activating group) is 1. The molecule has 0 saturated heterocycles. The van der Waals surface area contributed by atoms with Gasteiger partial charge in [0.2, 0.25) is 0 Å². The molecule has 2 rings (SSSR count). The van der Waals surface area contributed by atoms with Gasteiger partial charge in [-0.25, -0.2) is 9.59 Å². The molecule has 1 amide bonds. The fourth-order valence-corrected chi connectivity index (χ4v) is 2.89. The summed E-state index contributed by atoms with van der Waals surface area (Å²) >= 11 is 5.88. The molecule has 0 aliphatic heterocycles. The Morgan fingerprint density at radius 3 is 2.23 bits per heavy atom. The summed E-state index contributed by atoms with van der Waals surface area (Å²) in [6.07, 6.45) is -0.511. The maximum absolute atomic E-state index is 12.6. The van der Waals surface area contributed by atoms with Gasteiger partial charge in [-0.1, -0.05) is 54.1 Å². The van der Waals surface area contributed by atoms with E-state index in [4.69, 9.17) is 16.3 Å². The topological polar surface area (TPSA) is 66.8 Å². The number of carbonyl (C=O) groups excluding carboxylic acids is 1. The molecule has 26 heavy (non-hydrogen) atoms. The van der Waals surface area contributed by atoms with Crippen LogP contribution in [0.3, 0.4) is 0 Å². The van der Waals surface area contributed by atoms with Crippen LogP contribution >= 0.6 is 11.6 Å². The maximum atomic E-state index is 12.6. The van der Waals surface area contributed by atoms with E-state index in [1.807, 2.05) is 30.3 Å². The minimum atomic E-state index is -1.43. The minimum Gasteiger partial charge on any atom is -0.479 e.